The molecule has 0 radical (unpaired) electrons. The number of amides is 2. The first kappa shape index (κ1) is 14.1. The van der Waals surface area contributed by atoms with Crippen LogP contribution in [-0.4, -0.2) is 17.4 Å². The van der Waals surface area contributed by atoms with E-state index in [1.54, 1.807) is 0 Å². The summed E-state index contributed by atoms with van der Waals surface area (Å²) in [6.45, 7) is 0. The molecular formula is C16H21N3O2. The number of fused-ring (bicyclic) bond motifs is 1. The van der Waals surface area contributed by atoms with Gasteiger partial charge in [-0.2, -0.15) is 0 Å². The maximum Gasteiger partial charge on any atom is 0.226 e. The smallest absolute Gasteiger partial charge is 0.226 e. The summed E-state index contributed by atoms with van der Waals surface area (Å²) >= 11 is 0. The van der Waals surface area contributed by atoms with Crippen LogP contribution in [0.25, 0.3) is 0 Å². The van der Waals surface area contributed by atoms with Crippen molar-refractivity contribution in [3.63, 3.8) is 0 Å². The highest BCUT2D eigenvalue weighted by Gasteiger charge is 2.31. The van der Waals surface area contributed by atoms with Gasteiger partial charge in [0.1, 0.15) is 0 Å². The van der Waals surface area contributed by atoms with Gasteiger partial charge in [0.15, 0.2) is 0 Å². The lowest BCUT2D eigenvalue weighted by Gasteiger charge is -2.23. The van der Waals surface area contributed by atoms with Gasteiger partial charge in [-0.15, -0.1) is 0 Å². The Morgan fingerprint density at radius 2 is 2.05 bits per heavy atom. The Balaban J connectivity index is 1.65. The molecule has 0 unspecified atom stereocenters. The Kier molecular flexibility index (Phi) is 3.68. The highest BCUT2D eigenvalue weighted by atomic mass is 16.2. The molecule has 1 aliphatic heterocycles. The molecule has 0 saturated heterocycles. The van der Waals surface area contributed by atoms with E-state index in [4.69, 9.17) is 5.73 Å². The highest BCUT2D eigenvalue weighted by molar-refractivity contribution is 5.95. The number of carbonyl (C=O) groups is 2. The van der Waals surface area contributed by atoms with Crippen LogP contribution >= 0.6 is 0 Å². The second-order valence-corrected chi connectivity index (χ2v) is 6.21. The molecule has 1 fully saturated rings. The van der Waals surface area contributed by atoms with Crippen molar-refractivity contribution in [3.05, 3.63) is 23.8 Å². The van der Waals surface area contributed by atoms with Crippen LogP contribution in [0.1, 0.15) is 44.1 Å². The molecule has 21 heavy (non-hydrogen) atoms. The van der Waals surface area contributed by atoms with Crippen LogP contribution in [0.5, 0.6) is 0 Å². The molecule has 0 spiro atoms. The average molecular weight is 287 g/mol. The minimum absolute atomic E-state index is 0.0285. The summed E-state index contributed by atoms with van der Waals surface area (Å²) < 4.78 is 0. The van der Waals surface area contributed by atoms with Gasteiger partial charge < -0.3 is 16.4 Å². The Morgan fingerprint density at radius 1 is 1.29 bits per heavy atom. The number of nitrogens with one attached hydrogen (secondary N) is 2. The van der Waals surface area contributed by atoms with Crippen molar-refractivity contribution in [2.75, 3.05) is 10.6 Å². The molecule has 3 rings (SSSR count). The summed E-state index contributed by atoms with van der Waals surface area (Å²) in [5.74, 6) is 0.0183. The van der Waals surface area contributed by atoms with Crippen LogP contribution in [0.3, 0.4) is 0 Å². The maximum atomic E-state index is 12.1. The number of hydrogen-bond donors (Lipinski definition) is 3. The van der Waals surface area contributed by atoms with E-state index < -0.39 is 0 Å². The van der Waals surface area contributed by atoms with Crippen molar-refractivity contribution in [2.45, 2.75) is 50.5 Å². The second-order valence-electron chi connectivity index (χ2n) is 6.21. The summed E-state index contributed by atoms with van der Waals surface area (Å²) in [7, 11) is 0. The van der Waals surface area contributed by atoms with E-state index in [0.29, 0.717) is 19.3 Å². The van der Waals surface area contributed by atoms with E-state index in [1.807, 2.05) is 18.2 Å². The third-order valence-electron chi connectivity index (χ3n) is 4.40. The van der Waals surface area contributed by atoms with Crippen molar-refractivity contribution >= 4 is 23.2 Å². The Bertz CT molecular complexity index is 577. The molecule has 0 atom stereocenters. The van der Waals surface area contributed by atoms with Crippen LogP contribution in [-0.2, 0) is 16.0 Å². The molecule has 1 aliphatic carbocycles. The minimum Gasteiger partial charge on any atom is -0.326 e. The molecule has 1 saturated carbocycles. The normalized spacial score (nSPS) is 19.8. The van der Waals surface area contributed by atoms with E-state index in [-0.39, 0.29) is 17.4 Å². The van der Waals surface area contributed by atoms with Crippen molar-refractivity contribution in [2.24, 2.45) is 5.73 Å². The Morgan fingerprint density at radius 3 is 2.81 bits per heavy atom. The van der Waals surface area contributed by atoms with E-state index in [0.717, 1.165) is 42.6 Å². The lowest BCUT2D eigenvalue weighted by molar-refractivity contribution is -0.117. The summed E-state index contributed by atoms with van der Waals surface area (Å²) in [5, 5.41) is 5.76. The molecular weight excluding hydrogens is 266 g/mol. The third kappa shape index (κ3) is 3.24. The van der Waals surface area contributed by atoms with Gasteiger partial charge >= 0.3 is 0 Å². The minimum atomic E-state index is -0.327. The van der Waals surface area contributed by atoms with Gasteiger partial charge in [-0.1, -0.05) is 12.8 Å². The van der Waals surface area contributed by atoms with E-state index in [9.17, 15) is 9.59 Å². The largest absolute Gasteiger partial charge is 0.326 e. The zero-order chi connectivity index (χ0) is 14.9. The van der Waals surface area contributed by atoms with Crippen LogP contribution < -0.4 is 16.4 Å². The fourth-order valence-corrected chi connectivity index (χ4v) is 3.24. The number of rotatable bonds is 3. The fraction of sp³-hybridized carbons (Fsp3) is 0.500. The van der Waals surface area contributed by atoms with Gasteiger partial charge in [0.05, 0.1) is 0 Å². The second kappa shape index (κ2) is 5.48. The summed E-state index contributed by atoms with van der Waals surface area (Å²) in [6, 6.07) is 5.60. The third-order valence-corrected chi connectivity index (χ3v) is 4.40. The summed E-state index contributed by atoms with van der Waals surface area (Å²) in [4.78, 5) is 23.5. The van der Waals surface area contributed by atoms with E-state index in [1.165, 1.54) is 0 Å². The van der Waals surface area contributed by atoms with Crippen LogP contribution in [0.2, 0.25) is 0 Å². The molecule has 2 amide bonds. The van der Waals surface area contributed by atoms with Gasteiger partial charge in [-0.25, -0.2) is 0 Å². The number of carbonyl (C=O) groups excluding carboxylic acids is 2. The van der Waals surface area contributed by atoms with Gasteiger partial charge in [-0.05, 0) is 43.0 Å². The van der Waals surface area contributed by atoms with Crippen molar-refractivity contribution < 1.29 is 9.59 Å². The quantitative estimate of drug-likeness (QED) is 0.796. The molecule has 2 aliphatic rings. The first-order valence-electron chi connectivity index (χ1n) is 7.56. The van der Waals surface area contributed by atoms with Crippen LogP contribution in [0.4, 0.5) is 11.4 Å². The lowest BCUT2D eigenvalue weighted by atomic mass is 9.94. The number of nitrogens with two attached hydrogens (primary N) is 1. The van der Waals surface area contributed by atoms with E-state index in [2.05, 4.69) is 10.6 Å². The molecule has 1 aromatic rings. The van der Waals surface area contributed by atoms with Crippen molar-refractivity contribution in [3.8, 4) is 0 Å². The summed E-state index contributed by atoms with van der Waals surface area (Å²) in [5.41, 5.74) is 8.59. The molecule has 0 bridgehead atoms. The van der Waals surface area contributed by atoms with Gasteiger partial charge in [-0.3, -0.25) is 9.59 Å². The van der Waals surface area contributed by atoms with E-state index >= 15 is 0 Å². The highest BCUT2D eigenvalue weighted by Crippen LogP contribution is 2.31. The lowest BCUT2D eigenvalue weighted by Crippen LogP contribution is -2.40. The zero-order valence-corrected chi connectivity index (χ0v) is 12.1. The first-order valence-corrected chi connectivity index (χ1v) is 7.56. The number of hydrogen-bond acceptors (Lipinski definition) is 3. The number of benzene rings is 1. The molecule has 1 heterocycles. The van der Waals surface area contributed by atoms with Crippen LogP contribution in [0.15, 0.2) is 18.2 Å². The van der Waals surface area contributed by atoms with Crippen molar-refractivity contribution in [1.29, 1.82) is 0 Å². The number of anilines is 2. The summed E-state index contributed by atoms with van der Waals surface area (Å²) in [6.07, 6.45) is 5.67. The van der Waals surface area contributed by atoms with Crippen LogP contribution in [0, 0.1) is 0 Å². The predicted octanol–water partition coefficient (Wildman–Crippen LogP) is 2.17. The Labute approximate surface area is 124 Å². The van der Waals surface area contributed by atoms with Gasteiger partial charge in [0.2, 0.25) is 11.8 Å². The molecule has 5 nitrogen and oxygen atoms in total. The molecule has 1 aromatic carbocycles. The first-order chi connectivity index (χ1) is 10.0. The standard InChI is InChI=1S/C16H21N3O2/c17-16(7-1-2-8-16)10-15(21)18-12-4-5-13-11(9-12)3-6-14(20)19-13/h4-5,9H,1-3,6-8,10,17H2,(H,18,21)(H,19,20). The fourth-order valence-electron chi connectivity index (χ4n) is 3.24. The van der Waals surface area contributed by atoms with Gasteiger partial charge in [0.25, 0.3) is 0 Å². The molecule has 4 N–H and O–H groups in total. The monoisotopic (exact) mass is 287 g/mol. The maximum absolute atomic E-state index is 12.1. The molecule has 5 heteroatoms. The topological polar surface area (TPSA) is 84.2 Å². The van der Waals surface area contributed by atoms with Gasteiger partial charge in [0, 0.05) is 29.8 Å². The SMILES string of the molecule is NC1(CC(=O)Nc2ccc3c(c2)CCC(=O)N3)CCCC1. The van der Waals surface area contributed by atoms with Crippen molar-refractivity contribution in [1.82, 2.24) is 0 Å². The molecule has 0 aromatic heterocycles. The average Bonchev–Trinajstić information content (AvgIpc) is 2.85. The number of aryl methyl sites for hydroxylation is 1. The zero-order valence-electron chi connectivity index (χ0n) is 12.1. The Hall–Kier alpha value is -1.88. The predicted molar refractivity (Wildman–Crippen MR) is 82.0 cm³/mol. The molecule has 112 valence electrons.